The highest BCUT2D eigenvalue weighted by Gasteiger charge is 2.80. The van der Waals surface area contributed by atoms with Crippen molar-refractivity contribution in [2.24, 2.45) is 43.3 Å². The Labute approximate surface area is 258 Å². The monoisotopic (exact) mass is 588 g/mol. The number of carbonyl (C=O) groups is 2. The lowest BCUT2D eigenvalue weighted by molar-refractivity contribution is -0.290. The molecule has 6 aliphatic rings. The van der Waals surface area contributed by atoms with E-state index in [4.69, 9.17) is 0 Å². The number of rotatable bonds is 3. The number of fused-ring (bicyclic) bond motifs is 7. The van der Waals surface area contributed by atoms with Crippen molar-refractivity contribution in [3.8, 4) is 6.07 Å². The second-order valence-corrected chi connectivity index (χ2v) is 17.6. The third-order valence-corrected chi connectivity index (χ3v) is 15.2. The average Bonchev–Trinajstić information content (AvgIpc) is 2.90. The minimum absolute atomic E-state index is 0.0272. The highest BCUT2D eigenvalue weighted by molar-refractivity contribution is 6.06. The largest absolute Gasteiger partial charge is 0.390 e. The average molecular weight is 589 g/mol. The van der Waals surface area contributed by atoms with Crippen LogP contribution in [0.1, 0.15) is 100 Å². The standard InChI is InChI=1S/C37H52N2O4/c1-10-36-16-12-31(6)26(32(36,7)18-24(19-38)28(42)30(36,4)5)17-27(41)37(43)33(31,8)13-15-35(23-39-20-25(40)21-39)14-11-29(2,3)22-34(35,37)9/h10,17-18,25,40,43H,1,11-16,20-23H2,2-9H3/t31-,32-,33+,34-,35-,36+,37?/m1/s1. The first-order valence-corrected chi connectivity index (χ1v) is 16.4. The Bertz CT molecular complexity index is 1430. The molecule has 3 saturated carbocycles. The third-order valence-electron chi connectivity index (χ3n) is 15.2. The molecule has 6 nitrogen and oxygen atoms in total. The van der Waals surface area contributed by atoms with Gasteiger partial charge in [0, 0.05) is 46.7 Å². The van der Waals surface area contributed by atoms with Crippen LogP contribution in [0.15, 0.2) is 36.0 Å². The lowest BCUT2D eigenvalue weighted by atomic mass is 9.28. The van der Waals surface area contributed by atoms with Crippen LogP contribution in [0.4, 0.5) is 0 Å². The van der Waals surface area contributed by atoms with E-state index in [0.29, 0.717) is 32.4 Å². The molecule has 1 aliphatic heterocycles. The Kier molecular flexibility index (Phi) is 6.18. The fourth-order valence-corrected chi connectivity index (χ4v) is 12.4. The Morgan fingerprint density at radius 2 is 1.60 bits per heavy atom. The second kappa shape index (κ2) is 8.59. The van der Waals surface area contributed by atoms with Gasteiger partial charge in [0.25, 0.3) is 0 Å². The predicted octanol–water partition coefficient (Wildman–Crippen LogP) is 5.94. The summed E-state index contributed by atoms with van der Waals surface area (Å²) in [5.74, 6) is -0.393. The number of likely N-dealkylation sites (tertiary alicyclic amines) is 1. The van der Waals surface area contributed by atoms with Gasteiger partial charge in [-0.2, -0.15) is 5.26 Å². The maximum Gasteiger partial charge on any atom is 0.188 e. The molecule has 5 aliphatic carbocycles. The van der Waals surface area contributed by atoms with Crippen LogP contribution in [-0.2, 0) is 9.59 Å². The molecule has 1 heterocycles. The van der Waals surface area contributed by atoms with Crippen molar-refractivity contribution in [1.29, 1.82) is 5.26 Å². The number of nitriles is 1. The quantitative estimate of drug-likeness (QED) is 0.396. The predicted molar refractivity (Wildman–Crippen MR) is 167 cm³/mol. The molecule has 43 heavy (non-hydrogen) atoms. The first kappa shape index (κ1) is 30.9. The molecule has 6 heteroatoms. The molecule has 0 bridgehead atoms. The molecule has 0 aromatic heterocycles. The number of Topliss-reactive ketones (excluding diaryl/α,β-unsaturated/α-hetero) is 1. The molecular weight excluding hydrogens is 536 g/mol. The van der Waals surface area contributed by atoms with Crippen LogP contribution in [0, 0.1) is 54.7 Å². The van der Waals surface area contributed by atoms with Gasteiger partial charge in [-0.3, -0.25) is 14.5 Å². The molecular formula is C37H52N2O4. The van der Waals surface area contributed by atoms with Gasteiger partial charge in [-0.05, 0) is 72.8 Å². The number of hydrogen-bond acceptors (Lipinski definition) is 6. The van der Waals surface area contributed by atoms with Crippen LogP contribution in [0.2, 0.25) is 0 Å². The summed E-state index contributed by atoms with van der Waals surface area (Å²) in [6.07, 6.45) is 11.0. The molecule has 1 unspecified atom stereocenters. The zero-order valence-corrected chi connectivity index (χ0v) is 27.7. The molecule has 7 atom stereocenters. The highest BCUT2D eigenvalue weighted by Crippen LogP contribution is 2.80. The Morgan fingerprint density at radius 3 is 2.19 bits per heavy atom. The van der Waals surface area contributed by atoms with Crippen molar-refractivity contribution >= 4 is 11.6 Å². The van der Waals surface area contributed by atoms with Gasteiger partial charge in [-0.1, -0.05) is 67.5 Å². The van der Waals surface area contributed by atoms with Crippen LogP contribution in [0.25, 0.3) is 0 Å². The van der Waals surface area contributed by atoms with Crippen molar-refractivity contribution in [3.63, 3.8) is 0 Å². The normalized spacial score (nSPS) is 48.8. The number of carbonyl (C=O) groups excluding carboxylic acids is 2. The number of β-amino-alcohol motifs (C(OH)–C–C–N with tert-alkyl or cyclic N) is 1. The highest BCUT2D eigenvalue weighted by atomic mass is 16.3. The number of ketones is 2. The van der Waals surface area contributed by atoms with Crippen LogP contribution < -0.4 is 0 Å². The van der Waals surface area contributed by atoms with E-state index in [1.54, 1.807) is 6.08 Å². The van der Waals surface area contributed by atoms with Crippen LogP contribution in [0.5, 0.6) is 0 Å². The molecule has 2 N–H and O–H groups in total. The second-order valence-electron chi connectivity index (χ2n) is 17.6. The summed E-state index contributed by atoms with van der Waals surface area (Å²) in [4.78, 5) is 31.0. The van der Waals surface area contributed by atoms with Crippen molar-refractivity contribution < 1.29 is 19.8 Å². The maximum atomic E-state index is 15.0. The fourth-order valence-electron chi connectivity index (χ4n) is 12.4. The first-order chi connectivity index (χ1) is 19.7. The minimum Gasteiger partial charge on any atom is -0.390 e. The number of allylic oxidation sites excluding steroid dienone is 4. The number of hydrogen-bond donors (Lipinski definition) is 2. The van der Waals surface area contributed by atoms with Gasteiger partial charge in [0.2, 0.25) is 0 Å². The van der Waals surface area contributed by atoms with E-state index in [1.165, 1.54) is 0 Å². The topological polar surface area (TPSA) is 102 Å². The Hall–Kier alpha value is -2.07. The number of aliphatic hydroxyl groups is 2. The van der Waals surface area contributed by atoms with Crippen LogP contribution in [-0.4, -0.2) is 58.0 Å². The lowest BCUT2D eigenvalue weighted by Gasteiger charge is -2.76. The smallest absolute Gasteiger partial charge is 0.188 e. The van der Waals surface area contributed by atoms with E-state index < -0.39 is 38.1 Å². The number of nitrogens with zero attached hydrogens (tertiary/aromatic N) is 2. The van der Waals surface area contributed by atoms with E-state index >= 15 is 4.79 Å². The van der Waals surface area contributed by atoms with Gasteiger partial charge in [0.05, 0.1) is 11.7 Å². The van der Waals surface area contributed by atoms with Gasteiger partial charge in [0.15, 0.2) is 11.6 Å². The fraction of sp³-hybridized carbons (Fsp3) is 0.757. The summed E-state index contributed by atoms with van der Waals surface area (Å²) < 4.78 is 0. The van der Waals surface area contributed by atoms with Gasteiger partial charge >= 0.3 is 0 Å². The zero-order valence-electron chi connectivity index (χ0n) is 27.7. The van der Waals surface area contributed by atoms with Crippen LogP contribution in [0.3, 0.4) is 0 Å². The Balaban J connectivity index is 1.59. The summed E-state index contributed by atoms with van der Waals surface area (Å²) in [6, 6.07) is 2.18. The number of aliphatic hydroxyl groups excluding tert-OH is 1. The summed E-state index contributed by atoms with van der Waals surface area (Å²) in [7, 11) is 0. The molecule has 0 aromatic rings. The molecule has 0 radical (unpaired) electrons. The molecule has 234 valence electrons. The van der Waals surface area contributed by atoms with E-state index in [2.05, 4.69) is 59.1 Å². The van der Waals surface area contributed by atoms with Crippen LogP contribution >= 0.6 is 0 Å². The SMILES string of the molecule is C=C[C@@]12CC[C@]3(C)C(=CC(=O)C4(O)[C@]5(C)CC(C)(C)CC[C@]5(CN5CC(O)C5)CC[C@]43C)[C@@]1(C)C=C(C#N)C(=O)C2(C)C. The van der Waals surface area contributed by atoms with Gasteiger partial charge in [-0.15, -0.1) is 6.58 Å². The van der Waals surface area contributed by atoms with Crippen molar-refractivity contribution in [3.05, 3.63) is 36.0 Å². The summed E-state index contributed by atoms with van der Waals surface area (Å²) in [6.45, 7) is 23.5. The van der Waals surface area contributed by atoms with Crippen molar-refractivity contribution in [2.45, 2.75) is 112 Å². The molecule has 4 fully saturated rings. The maximum absolute atomic E-state index is 15.0. The molecule has 0 amide bonds. The van der Waals surface area contributed by atoms with Gasteiger partial charge in [-0.25, -0.2) is 0 Å². The van der Waals surface area contributed by atoms with Gasteiger partial charge < -0.3 is 10.2 Å². The van der Waals surface area contributed by atoms with E-state index in [9.17, 15) is 20.3 Å². The summed E-state index contributed by atoms with van der Waals surface area (Å²) in [5.41, 5.74) is -5.12. The lowest BCUT2D eigenvalue weighted by Crippen LogP contribution is -2.79. The molecule has 0 spiro atoms. The summed E-state index contributed by atoms with van der Waals surface area (Å²) >= 11 is 0. The van der Waals surface area contributed by atoms with E-state index in [-0.39, 0.29) is 34.1 Å². The minimum atomic E-state index is -1.59. The van der Waals surface area contributed by atoms with Gasteiger partial charge in [0.1, 0.15) is 11.7 Å². The molecule has 6 rings (SSSR count). The first-order valence-electron chi connectivity index (χ1n) is 16.4. The zero-order chi connectivity index (χ0) is 31.9. The third kappa shape index (κ3) is 3.20. The van der Waals surface area contributed by atoms with E-state index in [1.807, 2.05) is 26.0 Å². The molecule has 1 saturated heterocycles. The molecule has 0 aromatic carbocycles. The van der Waals surface area contributed by atoms with Crippen molar-refractivity contribution in [1.82, 2.24) is 4.90 Å². The van der Waals surface area contributed by atoms with E-state index in [0.717, 1.165) is 37.8 Å². The summed E-state index contributed by atoms with van der Waals surface area (Å²) in [5, 5.41) is 33.7. The Morgan fingerprint density at radius 1 is 0.977 bits per heavy atom. The van der Waals surface area contributed by atoms with Crippen molar-refractivity contribution in [2.75, 3.05) is 19.6 Å².